The van der Waals surface area contributed by atoms with Crippen LogP contribution in [0.2, 0.25) is 0 Å². The molecule has 0 N–H and O–H groups in total. The summed E-state index contributed by atoms with van der Waals surface area (Å²) in [6.07, 6.45) is 7.44. The van der Waals surface area contributed by atoms with E-state index in [-0.39, 0.29) is 6.04 Å². The molecule has 1 heterocycles. The maximum Gasteiger partial charge on any atom is 0.236 e. The first-order valence-corrected chi connectivity index (χ1v) is 6.39. The second-order valence-corrected chi connectivity index (χ2v) is 5.55. The maximum absolute atomic E-state index is 11.5. The fourth-order valence-corrected chi connectivity index (χ4v) is 3.58. The lowest BCUT2D eigenvalue weighted by Gasteiger charge is -2.29. The van der Waals surface area contributed by atoms with E-state index in [0.717, 1.165) is 12.8 Å². The number of hydrogen-bond donors (Lipinski definition) is 0. The Hall–Kier alpha value is -0.350. The summed E-state index contributed by atoms with van der Waals surface area (Å²) in [6.45, 7) is 0.590. The first-order chi connectivity index (χ1) is 6.20. The van der Waals surface area contributed by atoms with Crippen molar-refractivity contribution in [2.45, 2.75) is 38.1 Å². The molecule has 0 saturated heterocycles. The van der Waals surface area contributed by atoms with E-state index in [4.69, 9.17) is 0 Å². The van der Waals surface area contributed by atoms with Gasteiger partial charge in [0.25, 0.3) is 0 Å². The van der Waals surface area contributed by atoms with Crippen LogP contribution in [0.25, 0.3) is 0 Å². The molecule has 0 unspecified atom stereocenters. The van der Waals surface area contributed by atoms with Crippen LogP contribution in [0.15, 0.2) is 11.5 Å². The van der Waals surface area contributed by atoms with Crippen molar-refractivity contribution in [1.82, 2.24) is 4.31 Å². The van der Waals surface area contributed by atoms with Crippen LogP contribution in [0, 0.1) is 0 Å². The molecule has 0 radical (unpaired) electrons. The van der Waals surface area contributed by atoms with Gasteiger partial charge in [-0.1, -0.05) is 25.3 Å². The minimum absolute atomic E-state index is 0.272. The summed E-state index contributed by atoms with van der Waals surface area (Å²) in [5.74, 6) is 0. The van der Waals surface area contributed by atoms with Crippen LogP contribution >= 0.6 is 0 Å². The van der Waals surface area contributed by atoms with Gasteiger partial charge in [0, 0.05) is 18.0 Å². The molecular weight excluding hydrogens is 186 g/mol. The molecular formula is C9H15NO2S. The molecule has 0 amide bonds. The van der Waals surface area contributed by atoms with E-state index in [2.05, 4.69) is 0 Å². The van der Waals surface area contributed by atoms with Gasteiger partial charge in [0.05, 0.1) is 0 Å². The van der Waals surface area contributed by atoms with Crippen molar-refractivity contribution in [1.29, 1.82) is 0 Å². The van der Waals surface area contributed by atoms with Crippen LogP contribution < -0.4 is 0 Å². The lowest BCUT2D eigenvalue weighted by Crippen LogP contribution is -2.37. The van der Waals surface area contributed by atoms with E-state index in [9.17, 15) is 8.42 Å². The molecule has 0 spiro atoms. The summed E-state index contributed by atoms with van der Waals surface area (Å²) in [6, 6.07) is 0.272. The third kappa shape index (κ3) is 1.79. The van der Waals surface area contributed by atoms with Crippen molar-refractivity contribution in [3.63, 3.8) is 0 Å². The van der Waals surface area contributed by atoms with Crippen LogP contribution in [-0.4, -0.2) is 25.3 Å². The van der Waals surface area contributed by atoms with Gasteiger partial charge in [-0.15, -0.1) is 0 Å². The van der Waals surface area contributed by atoms with Gasteiger partial charge in [-0.25, -0.2) is 8.42 Å². The molecule has 2 rings (SSSR count). The molecule has 1 saturated carbocycles. The molecule has 0 aromatic carbocycles. The highest BCUT2D eigenvalue weighted by Crippen LogP contribution is 2.27. The quantitative estimate of drug-likeness (QED) is 0.644. The van der Waals surface area contributed by atoms with E-state index in [0.29, 0.717) is 6.54 Å². The Morgan fingerprint density at radius 2 is 1.85 bits per heavy atom. The molecule has 3 nitrogen and oxygen atoms in total. The number of hydrogen-bond acceptors (Lipinski definition) is 2. The van der Waals surface area contributed by atoms with Gasteiger partial charge in [0.1, 0.15) is 0 Å². The zero-order valence-electron chi connectivity index (χ0n) is 7.65. The topological polar surface area (TPSA) is 37.4 Å². The van der Waals surface area contributed by atoms with Gasteiger partial charge < -0.3 is 0 Å². The minimum Gasteiger partial charge on any atom is -0.207 e. The average molecular weight is 201 g/mol. The summed E-state index contributed by atoms with van der Waals surface area (Å²) in [4.78, 5) is 0. The second-order valence-electron chi connectivity index (χ2n) is 3.78. The van der Waals surface area contributed by atoms with Crippen LogP contribution in [0.5, 0.6) is 0 Å². The van der Waals surface area contributed by atoms with E-state index in [1.807, 2.05) is 0 Å². The number of sulfonamides is 1. The van der Waals surface area contributed by atoms with Crippen molar-refractivity contribution < 1.29 is 8.42 Å². The molecule has 0 aromatic heterocycles. The molecule has 13 heavy (non-hydrogen) atoms. The first-order valence-electron chi connectivity index (χ1n) is 4.88. The predicted molar refractivity (Wildman–Crippen MR) is 51.6 cm³/mol. The Kier molecular flexibility index (Phi) is 2.43. The molecule has 0 atom stereocenters. The van der Waals surface area contributed by atoms with Crippen molar-refractivity contribution >= 4 is 10.0 Å². The Balaban J connectivity index is 2.09. The molecule has 1 fully saturated rings. The Bertz CT molecular complexity index is 302. The Morgan fingerprint density at radius 3 is 2.38 bits per heavy atom. The van der Waals surface area contributed by atoms with Crippen LogP contribution in [-0.2, 0) is 10.0 Å². The fraction of sp³-hybridized carbons (Fsp3) is 0.778. The minimum atomic E-state index is -3.03. The zero-order valence-corrected chi connectivity index (χ0v) is 8.46. The highest BCUT2D eigenvalue weighted by molar-refractivity contribution is 7.92. The maximum atomic E-state index is 11.5. The van der Waals surface area contributed by atoms with Gasteiger partial charge in [-0.2, -0.15) is 4.31 Å². The standard InChI is InChI=1S/C9H15NO2S/c11-13(12)8-4-7-10(13)9-5-2-1-3-6-9/h4,8-9H,1-3,5-7H2. The molecule has 0 aromatic rings. The van der Waals surface area contributed by atoms with E-state index >= 15 is 0 Å². The van der Waals surface area contributed by atoms with Gasteiger partial charge in [-0.05, 0) is 12.8 Å². The summed E-state index contributed by atoms with van der Waals surface area (Å²) < 4.78 is 24.6. The summed E-state index contributed by atoms with van der Waals surface area (Å²) in [5, 5.41) is 1.33. The summed E-state index contributed by atoms with van der Waals surface area (Å²) >= 11 is 0. The normalized spacial score (nSPS) is 29.5. The Labute approximate surface area is 79.5 Å². The van der Waals surface area contributed by atoms with Gasteiger partial charge in [0.2, 0.25) is 10.0 Å². The first kappa shape index (κ1) is 9.21. The van der Waals surface area contributed by atoms with Crippen LogP contribution in [0.4, 0.5) is 0 Å². The highest BCUT2D eigenvalue weighted by atomic mass is 32.2. The van der Waals surface area contributed by atoms with Crippen LogP contribution in [0.1, 0.15) is 32.1 Å². The van der Waals surface area contributed by atoms with Gasteiger partial charge >= 0.3 is 0 Å². The van der Waals surface area contributed by atoms with E-state index in [1.54, 1.807) is 10.4 Å². The van der Waals surface area contributed by atoms with Gasteiger partial charge in [-0.3, -0.25) is 0 Å². The fourth-order valence-electron chi connectivity index (χ4n) is 2.18. The highest BCUT2D eigenvalue weighted by Gasteiger charge is 2.31. The largest absolute Gasteiger partial charge is 0.236 e. The Morgan fingerprint density at radius 1 is 1.15 bits per heavy atom. The van der Waals surface area contributed by atoms with Gasteiger partial charge in [0.15, 0.2) is 0 Å². The average Bonchev–Trinajstić information content (AvgIpc) is 2.47. The lowest BCUT2D eigenvalue weighted by atomic mass is 9.95. The third-order valence-corrected chi connectivity index (χ3v) is 4.50. The SMILES string of the molecule is O=S1(=O)C=CCN1C1CCCCC1. The monoisotopic (exact) mass is 201 g/mol. The lowest BCUT2D eigenvalue weighted by molar-refractivity contribution is 0.275. The van der Waals surface area contributed by atoms with Crippen molar-refractivity contribution in [2.75, 3.05) is 6.54 Å². The summed E-state index contributed by atoms with van der Waals surface area (Å²) in [7, 11) is -3.03. The van der Waals surface area contributed by atoms with E-state index in [1.165, 1.54) is 24.7 Å². The molecule has 0 bridgehead atoms. The second kappa shape index (κ2) is 3.42. The number of nitrogens with zero attached hydrogens (tertiary/aromatic N) is 1. The third-order valence-electron chi connectivity index (χ3n) is 2.86. The summed E-state index contributed by atoms with van der Waals surface area (Å²) in [5.41, 5.74) is 0. The molecule has 74 valence electrons. The molecule has 1 aliphatic heterocycles. The van der Waals surface area contributed by atoms with Crippen molar-refractivity contribution in [3.8, 4) is 0 Å². The smallest absolute Gasteiger partial charge is 0.207 e. The van der Waals surface area contributed by atoms with Crippen LogP contribution in [0.3, 0.4) is 0 Å². The molecule has 4 heteroatoms. The van der Waals surface area contributed by atoms with Crippen molar-refractivity contribution in [3.05, 3.63) is 11.5 Å². The number of rotatable bonds is 1. The zero-order chi connectivity index (χ0) is 9.31. The predicted octanol–water partition coefficient (Wildman–Crippen LogP) is 1.48. The van der Waals surface area contributed by atoms with Crippen molar-refractivity contribution in [2.24, 2.45) is 0 Å². The molecule has 2 aliphatic rings. The molecule has 1 aliphatic carbocycles. The van der Waals surface area contributed by atoms with E-state index < -0.39 is 10.0 Å².